The fraction of sp³-hybridized carbons (Fsp3) is 0.381. The molecular weight excluding hydrogens is 332 g/mol. The normalized spacial score (nSPS) is 10.7. The highest BCUT2D eigenvalue weighted by Gasteiger charge is 2.11. The van der Waals surface area contributed by atoms with E-state index < -0.39 is 0 Å². The standard InChI is InChI=1S/C21H27N2O.ClH/c1-5-22(6-2)18-11-9-16-13-17-10-12-19(23(7-3)8-4)15-21(17)24-20(16)14-18;/h9-15H,5-8H2,1-4H3;1H/q+1;. The molecule has 2 aliphatic rings. The number of fused-ring (bicyclic) bond motifs is 2. The Morgan fingerprint density at radius 3 is 2.24 bits per heavy atom. The van der Waals surface area contributed by atoms with Gasteiger partial charge >= 0.3 is 0 Å². The van der Waals surface area contributed by atoms with Crippen LogP contribution < -0.4 is 14.8 Å². The summed E-state index contributed by atoms with van der Waals surface area (Å²) in [6, 6.07) is 15.2. The van der Waals surface area contributed by atoms with Crippen LogP contribution in [0.3, 0.4) is 0 Å². The van der Waals surface area contributed by atoms with E-state index in [9.17, 15) is 0 Å². The molecule has 0 unspecified atom stereocenters. The van der Waals surface area contributed by atoms with E-state index in [1.54, 1.807) is 0 Å². The molecule has 0 bridgehead atoms. The van der Waals surface area contributed by atoms with Gasteiger partial charge in [-0.3, -0.25) is 0 Å². The summed E-state index contributed by atoms with van der Waals surface area (Å²) in [6.45, 7) is 12.7. The zero-order chi connectivity index (χ0) is 17.1. The molecule has 1 aliphatic carbocycles. The Hall–Kier alpha value is -2.00. The van der Waals surface area contributed by atoms with E-state index in [1.807, 2.05) is 0 Å². The fourth-order valence-electron chi connectivity index (χ4n) is 3.32. The van der Waals surface area contributed by atoms with Gasteiger partial charge < -0.3 is 9.32 Å². The molecule has 0 atom stereocenters. The topological polar surface area (TPSA) is 19.4 Å². The zero-order valence-corrected chi connectivity index (χ0v) is 16.4. The van der Waals surface area contributed by atoms with Gasteiger partial charge in [0.25, 0.3) is 0 Å². The number of hydrogen-bond acceptors (Lipinski definition) is 2. The second-order valence-corrected chi connectivity index (χ2v) is 6.04. The lowest BCUT2D eigenvalue weighted by atomic mass is 10.1. The highest BCUT2D eigenvalue weighted by Crippen LogP contribution is 2.29. The SMILES string of the molecule is CCN(CC)c1ccc2cc3ccc(=[N+](CC)CC)cc-3oc2c1.Cl. The largest absolute Gasteiger partial charge is 0.456 e. The highest BCUT2D eigenvalue weighted by molar-refractivity contribution is 5.86. The summed E-state index contributed by atoms with van der Waals surface area (Å²) in [4.78, 5) is 2.34. The van der Waals surface area contributed by atoms with Crippen LogP contribution in [0.4, 0.5) is 5.69 Å². The number of nitrogens with zero attached hydrogens (tertiary/aromatic N) is 2. The van der Waals surface area contributed by atoms with Gasteiger partial charge in [0, 0.05) is 41.9 Å². The number of hydrogen-bond donors (Lipinski definition) is 0. The van der Waals surface area contributed by atoms with Gasteiger partial charge in [0.2, 0.25) is 5.36 Å². The summed E-state index contributed by atoms with van der Waals surface area (Å²) in [6.07, 6.45) is 0. The lowest BCUT2D eigenvalue weighted by Gasteiger charge is -2.21. The zero-order valence-electron chi connectivity index (χ0n) is 15.6. The van der Waals surface area contributed by atoms with E-state index in [4.69, 9.17) is 4.42 Å². The molecule has 1 aliphatic heterocycles. The van der Waals surface area contributed by atoms with Gasteiger partial charge in [-0.05, 0) is 52.0 Å². The fourth-order valence-corrected chi connectivity index (χ4v) is 3.32. The molecule has 1 heterocycles. The second kappa shape index (κ2) is 8.39. The quantitative estimate of drug-likeness (QED) is 0.489. The van der Waals surface area contributed by atoms with Gasteiger partial charge in [-0.2, -0.15) is 0 Å². The summed E-state index contributed by atoms with van der Waals surface area (Å²) in [5.41, 5.74) is 3.31. The smallest absolute Gasteiger partial charge is 0.203 e. The van der Waals surface area contributed by atoms with Crippen LogP contribution in [-0.4, -0.2) is 26.2 Å². The van der Waals surface area contributed by atoms with Crippen LogP contribution in [0.15, 0.2) is 46.9 Å². The maximum atomic E-state index is 6.25. The average Bonchev–Trinajstić information content (AvgIpc) is 2.62. The number of anilines is 1. The first-order chi connectivity index (χ1) is 11.7. The highest BCUT2D eigenvalue weighted by atomic mass is 35.5. The Morgan fingerprint density at radius 1 is 0.880 bits per heavy atom. The van der Waals surface area contributed by atoms with Crippen molar-refractivity contribution in [3.8, 4) is 11.3 Å². The lowest BCUT2D eigenvalue weighted by Crippen LogP contribution is -2.29. The van der Waals surface area contributed by atoms with Crippen molar-refractivity contribution in [3.63, 3.8) is 0 Å². The molecule has 0 spiro atoms. The first kappa shape index (κ1) is 19.3. The number of rotatable bonds is 5. The van der Waals surface area contributed by atoms with Crippen molar-refractivity contribution in [1.82, 2.24) is 4.58 Å². The first-order valence-electron chi connectivity index (χ1n) is 9.00. The van der Waals surface area contributed by atoms with Gasteiger partial charge in [-0.25, -0.2) is 4.58 Å². The van der Waals surface area contributed by atoms with Crippen LogP contribution in [0.1, 0.15) is 27.7 Å². The Kier molecular flexibility index (Phi) is 6.49. The van der Waals surface area contributed by atoms with Crippen LogP contribution in [0.2, 0.25) is 0 Å². The van der Waals surface area contributed by atoms with Gasteiger partial charge in [0.1, 0.15) is 24.4 Å². The molecule has 4 heteroatoms. The number of halogens is 1. The minimum Gasteiger partial charge on any atom is -0.456 e. The minimum atomic E-state index is 0. The van der Waals surface area contributed by atoms with E-state index in [-0.39, 0.29) is 12.4 Å². The molecule has 3 nitrogen and oxygen atoms in total. The van der Waals surface area contributed by atoms with Crippen molar-refractivity contribution < 1.29 is 4.42 Å². The van der Waals surface area contributed by atoms with Gasteiger partial charge in [-0.1, -0.05) is 0 Å². The van der Waals surface area contributed by atoms with Crippen molar-refractivity contribution in [2.75, 3.05) is 31.1 Å². The molecule has 25 heavy (non-hydrogen) atoms. The van der Waals surface area contributed by atoms with Gasteiger partial charge in [0.05, 0.1) is 6.07 Å². The van der Waals surface area contributed by atoms with E-state index in [1.165, 1.54) is 11.0 Å². The minimum absolute atomic E-state index is 0. The third-order valence-corrected chi connectivity index (χ3v) is 4.78. The van der Waals surface area contributed by atoms with Crippen molar-refractivity contribution in [2.24, 2.45) is 0 Å². The molecule has 1 aromatic rings. The van der Waals surface area contributed by atoms with Crippen molar-refractivity contribution in [3.05, 3.63) is 47.8 Å². The van der Waals surface area contributed by atoms with Gasteiger partial charge in [0.15, 0.2) is 0 Å². The summed E-state index contributed by atoms with van der Waals surface area (Å²) in [7, 11) is 0. The van der Waals surface area contributed by atoms with Crippen molar-refractivity contribution in [2.45, 2.75) is 27.7 Å². The molecule has 3 rings (SSSR count). The molecular formula is C21H28ClN2O+. The third-order valence-electron chi connectivity index (χ3n) is 4.78. The molecule has 1 aromatic carbocycles. The van der Waals surface area contributed by atoms with Crippen LogP contribution >= 0.6 is 12.4 Å². The Morgan fingerprint density at radius 2 is 1.60 bits per heavy atom. The molecule has 0 radical (unpaired) electrons. The van der Waals surface area contributed by atoms with Crippen LogP contribution in [0.25, 0.3) is 22.3 Å². The van der Waals surface area contributed by atoms with E-state index in [0.29, 0.717) is 0 Å². The molecule has 0 saturated carbocycles. The Bertz CT molecular complexity index is 875. The van der Waals surface area contributed by atoms with E-state index in [2.05, 4.69) is 79.6 Å². The van der Waals surface area contributed by atoms with Crippen LogP contribution in [0, 0.1) is 0 Å². The van der Waals surface area contributed by atoms with Crippen LogP contribution in [0.5, 0.6) is 0 Å². The maximum Gasteiger partial charge on any atom is 0.203 e. The molecule has 134 valence electrons. The maximum absolute atomic E-state index is 6.25. The lowest BCUT2D eigenvalue weighted by molar-refractivity contribution is 0.604. The molecule has 0 saturated heterocycles. The van der Waals surface area contributed by atoms with Gasteiger partial charge in [-0.15, -0.1) is 12.4 Å². The Balaban J connectivity index is 0.00000225. The molecule has 0 fully saturated rings. The van der Waals surface area contributed by atoms with E-state index in [0.717, 1.165) is 48.5 Å². The predicted octanol–water partition coefficient (Wildman–Crippen LogP) is 4.62. The summed E-state index contributed by atoms with van der Waals surface area (Å²) in [5, 5.41) is 2.37. The molecule has 0 N–H and O–H groups in total. The Labute approximate surface area is 156 Å². The average molecular weight is 360 g/mol. The van der Waals surface area contributed by atoms with Crippen molar-refractivity contribution in [1.29, 1.82) is 0 Å². The summed E-state index contributed by atoms with van der Waals surface area (Å²) < 4.78 is 8.59. The molecule has 0 amide bonds. The predicted molar refractivity (Wildman–Crippen MR) is 110 cm³/mol. The second-order valence-electron chi connectivity index (χ2n) is 6.04. The first-order valence-corrected chi connectivity index (χ1v) is 9.00. The summed E-state index contributed by atoms with van der Waals surface area (Å²) >= 11 is 0. The van der Waals surface area contributed by atoms with Crippen molar-refractivity contribution >= 4 is 29.1 Å². The summed E-state index contributed by atoms with van der Waals surface area (Å²) in [5.74, 6) is 0.948. The van der Waals surface area contributed by atoms with E-state index >= 15 is 0 Å². The molecule has 0 aromatic heterocycles. The third kappa shape index (κ3) is 3.82. The van der Waals surface area contributed by atoms with Crippen LogP contribution in [-0.2, 0) is 0 Å². The monoisotopic (exact) mass is 359 g/mol. The number of benzene rings is 2.